The predicted molar refractivity (Wildman–Crippen MR) is 96.7 cm³/mol. The van der Waals surface area contributed by atoms with Crippen LogP contribution in [0.3, 0.4) is 0 Å². The van der Waals surface area contributed by atoms with E-state index in [2.05, 4.69) is 5.32 Å². The summed E-state index contributed by atoms with van der Waals surface area (Å²) in [5.41, 5.74) is 2.83. The third-order valence-electron chi connectivity index (χ3n) is 5.00. The second-order valence-electron chi connectivity index (χ2n) is 6.65. The number of aliphatic carboxylic acids is 1. The molecule has 0 radical (unpaired) electrons. The fraction of sp³-hybridized carbons (Fsp3) is 0.238. The van der Waals surface area contributed by atoms with E-state index in [1.807, 2.05) is 54.6 Å². The van der Waals surface area contributed by atoms with Gasteiger partial charge in [-0.1, -0.05) is 60.7 Å². The van der Waals surface area contributed by atoms with E-state index >= 15 is 0 Å². The summed E-state index contributed by atoms with van der Waals surface area (Å²) in [4.78, 5) is 24.4. The number of nitrogens with one attached hydrogen (secondary N) is 1. The summed E-state index contributed by atoms with van der Waals surface area (Å²) in [5.74, 6) is -2.87. The number of carboxylic acid groups (broad SMARTS) is 1. The lowest BCUT2D eigenvalue weighted by atomic mass is 9.82. The average Bonchev–Trinajstić information content (AvgIpc) is 3.25. The molecule has 132 valence electrons. The highest BCUT2D eigenvalue weighted by atomic mass is 16.5. The Hall–Kier alpha value is -2.92. The first kappa shape index (κ1) is 16.5. The Morgan fingerprint density at radius 1 is 0.923 bits per heavy atom. The summed E-state index contributed by atoms with van der Waals surface area (Å²) in [6.07, 6.45) is 3.21. The Balaban J connectivity index is 1.55. The summed E-state index contributed by atoms with van der Waals surface area (Å²) in [5, 5.41) is 12.4. The van der Waals surface area contributed by atoms with Gasteiger partial charge in [0, 0.05) is 5.69 Å². The first-order valence-corrected chi connectivity index (χ1v) is 8.63. The molecule has 2 N–H and O–H groups in total. The van der Waals surface area contributed by atoms with Gasteiger partial charge in [0.05, 0.1) is 18.1 Å². The molecular formula is C21H19NO4. The van der Waals surface area contributed by atoms with Crippen LogP contribution in [0, 0.1) is 11.8 Å². The number of ether oxygens (including phenoxy) is 1. The normalized spacial score (nSPS) is 26.0. The SMILES string of the molecule is O=C(O)[C@H]1[C@H](C(=O)Nc2ccccc2Cc2ccccc2)[C@H]2C=C[C@H]1O2. The Bertz CT molecular complexity index is 861. The molecule has 4 rings (SSSR count). The van der Waals surface area contributed by atoms with Crippen molar-refractivity contribution in [3.05, 3.63) is 77.9 Å². The molecule has 0 aromatic heterocycles. The van der Waals surface area contributed by atoms with E-state index in [0.717, 1.165) is 11.1 Å². The maximum absolute atomic E-state index is 12.8. The lowest BCUT2D eigenvalue weighted by Gasteiger charge is -2.21. The molecule has 0 spiro atoms. The Kier molecular flexibility index (Phi) is 4.31. The number of para-hydroxylation sites is 1. The zero-order chi connectivity index (χ0) is 18.1. The van der Waals surface area contributed by atoms with Gasteiger partial charge in [-0.3, -0.25) is 9.59 Å². The second kappa shape index (κ2) is 6.77. The minimum Gasteiger partial charge on any atom is -0.481 e. The minimum absolute atomic E-state index is 0.310. The highest BCUT2D eigenvalue weighted by molar-refractivity contribution is 5.97. The number of benzene rings is 2. The number of carbonyl (C=O) groups excluding carboxylic acids is 1. The van der Waals surface area contributed by atoms with E-state index in [1.165, 1.54) is 0 Å². The molecule has 5 nitrogen and oxygen atoms in total. The fourth-order valence-electron chi connectivity index (χ4n) is 3.74. The van der Waals surface area contributed by atoms with Crippen molar-refractivity contribution in [2.75, 3.05) is 5.32 Å². The number of hydrogen-bond donors (Lipinski definition) is 2. The minimum atomic E-state index is -1.00. The summed E-state index contributed by atoms with van der Waals surface area (Å²) >= 11 is 0. The van der Waals surface area contributed by atoms with E-state index < -0.39 is 30.0 Å². The van der Waals surface area contributed by atoms with Crippen molar-refractivity contribution in [3.8, 4) is 0 Å². The summed E-state index contributed by atoms with van der Waals surface area (Å²) in [6, 6.07) is 17.6. The zero-order valence-corrected chi connectivity index (χ0v) is 14.0. The molecule has 5 heteroatoms. The van der Waals surface area contributed by atoms with Crippen molar-refractivity contribution in [1.82, 2.24) is 0 Å². The van der Waals surface area contributed by atoms with Crippen LogP contribution in [0.2, 0.25) is 0 Å². The largest absolute Gasteiger partial charge is 0.481 e. The fourth-order valence-corrected chi connectivity index (χ4v) is 3.74. The lowest BCUT2D eigenvalue weighted by Crippen LogP contribution is -2.39. The molecule has 2 aliphatic rings. The molecular weight excluding hydrogens is 330 g/mol. The average molecular weight is 349 g/mol. The van der Waals surface area contributed by atoms with E-state index in [-0.39, 0.29) is 5.91 Å². The number of fused-ring (bicyclic) bond motifs is 2. The number of carboxylic acids is 1. The first-order valence-electron chi connectivity index (χ1n) is 8.63. The standard InChI is InChI=1S/C21H19NO4/c23-20(18-16-10-11-17(26-16)19(18)21(24)25)22-15-9-5-4-8-14(15)12-13-6-2-1-3-7-13/h1-11,16-19H,12H2,(H,22,23)(H,24,25)/t16-,17-,18-,19-/m1/s1. The number of amides is 1. The Labute approximate surface area is 151 Å². The Morgan fingerprint density at radius 3 is 2.31 bits per heavy atom. The van der Waals surface area contributed by atoms with Gasteiger partial charge >= 0.3 is 5.97 Å². The molecule has 2 aromatic rings. The van der Waals surface area contributed by atoms with Gasteiger partial charge in [0.1, 0.15) is 5.92 Å². The van der Waals surface area contributed by atoms with E-state index in [0.29, 0.717) is 12.1 Å². The van der Waals surface area contributed by atoms with Crippen LogP contribution in [0.4, 0.5) is 5.69 Å². The first-order chi connectivity index (χ1) is 12.6. The van der Waals surface area contributed by atoms with Gasteiger partial charge in [-0.25, -0.2) is 0 Å². The highest BCUT2D eigenvalue weighted by Crippen LogP contribution is 2.40. The van der Waals surface area contributed by atoms with Crippen LogP contribution in [-0.4, -0.2) is 29.2 Å². The molecule has 0 saturated carbocycles. The predicted octanol–water partition coefficient (Wildman–Crippen LogP) is 2.87. The molecule has 1 amide bonds. The lowest BCUT2D eigenvalue weighted by molar-refractivity contribution is -0.145. The van der Waals surface area contributed by atoms with E-state index in [1.54, 1.807) is 12.2 Å². The van der Waals surface area contributed by atoms with Gasteiger partial charge < -0.3 is 15.2 Å². The van der Waals surface area contributed by atoms with Gasteiger partial charge in [0.15, 0.2) is 0 Å². The smallest absolute Gasteiger partial charge is 0.310 e. The molecule has 0 unspecified atom stereocenters. The molecule has 0 aliphatic carbocycles. The quantitative estimate of drug-likeness (QED) is 0.814. The van der Waals surface area contributed by atoms with E-state index in [4.69, 9.17) is 4.74 Å². The molecule has 2 aromatic carbocycles. The topological polar surface area (TPSA) is 75.6 Å². The van der Waals surface area contributed by atoms with Crippen molar-refractivity contribution in [1.29, 1.82) is 0 Å². The molecule has 1 saturated heterocycles. The van der Waals surface area contributed by atoms with Crippen molar-refractivity contribution in [3.63, 3.8) is 0 Å². The van der Waals surface area contributed by atoms with Crippen molar-refractivity contribution in [2.24, 2.45) is 11.8 Å². The molecule has 26 heavy (non-hydrogen) atoms. The Morgan fingerprint density at radius 2 is 1.58 bits per heavy atom. The van der Waals surface area contributed by atoms with Crippen molar-refractivity contribution < 1.29 is 19.4 Å². The molecule has 2 heterocycles. The molecule has 4 atom stereocenters. The van der Waals surface area contributed by atoms with Crippen LogP contribution in [-0.2, 0) is 20.7 Å². The van der Waals surface area contributed by atoms with Gasteiger partial charge in [-0.15, -0.1) is 0 Å². The van der Waals surface area contributed by atoms with Crippen LogP contribution in [0.15, 0.2) is 66.7 Å². The van der Waals surface area contributed by atoms with Gasteiger partial charge in [0.25, 0.3) is 0 Å². The number of carbonyl (C=O) groups is 2. The van der Waals surface area contributed by atoms with Crippen LogP contribution in [0.5, 0.6) is 0 Å². The van der Waals surface area contributed by atoms with Gasteiger partial charge in [-0.05, 0) is 23.6 Å². The molecule has 2 aliphatic heterocycles. The second-order valence-corrected chi connectivity index (χ2v) is 6.65. The van der Waals surface area contributed by atoms with Crippen LogP contribution >= 0.6 is 0 Å². The van der Waals surface area contributed by atoms with Crippen molar-refractivity contribution >= 4 is 17.6 Å². The molecule has 2 bridgehead atoms. The maximum Gasteiger partial charge on any atom is 0.310 e. The highest BCUT2D eigenvalue weighted by Gasteiger charge is 2.53. The number of hydrogen-bond acceptors (Lipinski definition) is 3. The van der Waals surface area contributed by atoms with E-state index in [9.17, 15) is 14.7 Å². The summed E-state index contributed by atoms with van der Waals surface area (Å²) in [7, 11) is 0. The van der Waals surface area contributed by atoms with Gasteiger partial charge in [0.2, 0.25) is 5.91 Å². The maximum atomic E-state index is 12.8. The van der Waals surface area contributed by atoms with Gasteiger partial charge in [-0.2, -0.15) is 0 Å². The van der Waals surface area contributed by atoms with Crippen LogP contribution in [0.1, 0.15) is 11.1 Å². The third kappa shape index (κ3) is 3.02. The monoisotopic (exact) mass is 349 g/mol. The summed E-state index contributed by atoms with van der Waals surface area (Å²) < 4.78 is 5.59. The zero-order valence-electron chi connectivity index (χ0n) is 14.0. The summed E-state index contributed by atoms with van der Waals surface area (Å²) in [6.45, 7) is 0. The third-order valence-corrected chi connectivity index (χ3v) is 5.00. The van der Waals surface area contributed by atoms with Crippen LogP contribution < -0.4 is 5.32 Å². The molecule has 1 fully saturated rings. The number of anilines is 1. The van der Waals surface area contributed by atoms with Crippen molar-refractivity contribution in [2.45, 2.75) is 18.6 Å². The number of rotatable bonds is 5. The van der Waals surface area contributed by atoms with Crippen LogP contribution in [0.25, 0.3) is 0 Å².